The number of amides is 3. The zero-order valence-electron chi connectivity index (χ0n) is 19.0. The molecule has 0 heterocycles. The van der Waals surface area contributed by atoms with Gasteiger partial charge in [0.05, 0.1) is 6.54 Å². The normalized spacial score (nSPS) is 12.8. The maximum absolute atomic E-state index is 13.0. The summed E-state index contributed by atoms with van der Waals surface area (Å²) in [7, 11) is 0. The molecule has 0 atom stereocenters. The average molecular weight is 436 g/mol. The molecule has 1 aliphatic carbocycles. The Morgan fingerprint density at radius 1 is 1.00 bits per heavy atom. The molecule has 0 aromatic heterocycles. The van der Waals surface area contributed by atoms with Crippen molar-refractivity contribution in [2.45, 2.75) is 58.4 Å². The number of hydrogen-bond donors (Lipinski definition) is 2. The molecule has 32 heavy (non-hydrogen) atoms. The highest BCUT2D eigenvalue weighted by molar-refractivity contribution is 5.98. The van der Waals surface area contributed by atoms with E-state index in [-0.39, 0.29) is 36.9 Å². The smallest absolute Gasteiger partial charge is 0.254 e. The van der Waals surface area contributed by atoms with Crippen LogP contribution in [0.5, 0.6) is 0 Å². The second-order valence-corrected chi connectivity index (χ2v) is 8.51. The number of aryl methyl sites for hydroxylation is 2. The molecule has 0 saturated heterocycles. The van der Waals surface area contributed by atoms with Crippen molar-refractivity contribution in [1.82, 2.24) is 10.2 Å². The van der Waals surface area contributed by atoms with Crippen molar-refractivity contribution in [2.24, 2.45) is 0 Å². The van der Waals surface area contributed by atoms with Crippen LogP contribution in [0.3, 0.4) is 0 Å². The lowest BCUT2D eigenvalue weighted by Gasteiger charge is -2.22. The maximum atomic E-state index is 13.0. The SMILES string of the molecule is CCCCCc1ccc(C(=O)N(CC(=O)NCC(=O)Nc2cccc(C)c2)C2CC2)cc1. The molecule has 2 aromatic rings. The number of nitrogens with zero attached hydrogens (tertiary/aromatic N) is 1. The highest BCUT2D eigenvalue weighted by atomic mass is 16.2. The van der Waals surface area contributed by atoms with Crippen LogP contribution in [0.25, 0.3) is 0 Å². The molecule has 170 valence electrons. The van der Waals surface area contributed by atoms with E-state index in [1.165, 1.54) is 18.4 Å². The fourth-order valence-electron chi connectivity index (χ4n) is 3.63. The number of anilines is 1. The van der Waals surface area contributed by atoms with Crippen LogP contribution in [0, 0.1) is 6.92 Å². The minimum atomic E-state index is -0.333. The second-order valence-electron chi connectivity index (χ2n) is 8.51. The number of nitrogens with one attached hydrogen (secondary N) is 2. The summed E-state index contributed by atoms with van der Waals surface area (Å²) in [4.78, 5) is 39.2. The molecule has 2 aromatic carbocycles. The topological polar surface area (TPSA) is 78.5 Å². The molecule has 2 N–H and O–H groups in total. The molecule has 0 unspecified atom stereocenters. The standard InChI is InChI=1S/C26H33N3O3/c1-3-4-5-8-20-10-12-21(13-11-20)26(32)29(23-14-15-23)18-25(31)27-17-24(30)28-22-9-6-7-19(2)16-22/h6-7,9-13,16,23H,3-5,8,14-15,17-18H2,1-2H3,(H,27,31)(H,28,30). The fraction of sp³-hybridized carbons (Fsp3) is 0.423. The number of unbranched alkanes of at least 4 members (excludes halogenated alkanes) is 2. The predicted octanol–water partition coefficient (Wildman–Crippen LogP) is 4.09. The van der Waals surface area contributed by atoms with Gasteiger partial charge in [0.2, 0.25) is 11.8 Å². The summed E-state index contributed by atoms with van der Waals surface area (Å²) in [6, 6.07) is 15.3. The first-order valence-electron chi connectivity index (χ1n) is 11.5. The monoisotopic (exact) mass is 435 g/mol. The van der Waals surface area contributed by atoms with Gasteiger partial charge in [0.1, 0.15) is 6.54 Å². The quantitative estimate of drug-likeness (QED) is 0.522. The van der Waals surface area contributed by atoms with Crippen molar-refractivity contribution in [2.75, 3.05) is 18.4 Å². The molecule has 1 fully saturated rings. The van der Waals surface area contributed by atoms with Crippen LogP contribution in [0.2, 0.25) is 0 Å². The minimum Gasteiger partial charge on any atom is -0.345 e. The van der Waals surface area contributed by atoms with Gasteiger partial charge in [-0.25, -0.2) is 0 Å². The minimum absolute atomic E-state index is 0.0422. The van der Waals surface area contributed by atoms with Crippen LogP contribution < -0.4 is 10.6 Å². The van der Waals surface area contributed by atoms with Crippen molar-refractivity contribution in [3.63, 3.8) is 0 Å². The van der Waals surface area contributed by atoms with Gasteiger partial charge >= 0.3 is 0 Å². The highest BCUT2D eigenvalue weighted by Crippen LogP contribution is 2.28. The van der Waals surface area contributed by atoms with Gasteiger partial charge in [-0.3, -0.25) is 14.4 Å². The molecule has 6 heteroatoms. The van der Waals surface area contributed by atoms with E-state index >= 15 is 0 Å². The van der Waals surface area contributed by atoms with Crippen LogP contribution in [-0.4, -0.2) is 41.8 Å². The van der Waals surface area contributed by atoms with Gasteiger partial charge in [-0.1, -0.05) is 44.0 Å². The summed E-state index contributed by atoms with van der Waals surface area (Å²) >= 11 is 0. The van der Waals surface area contributed by atoms with Gasteiger partial charge in [0, 0.05) is 17.3 Å². The summed E-state index contributed by atoms with van der Waals surface area (Å²) in [5.41, 5.74) is 3.56. The van der Waals surface area contributed by atoms with Crippen molar-refractivity contribution in [3.8, 4) is 0 Å². The van der Waals surface area contributed by atoms with E-state index in [2.05, 4.69) is 17.6 Å². The van der Waals surface area contributed by atoms with Gasteiger partial charge in [-0.05, 0) is 68.0 Å². The first-order chi connectivity index (χ1) is 15.5. The van der Waals surface area contributed by atoms with Crippen LogP contribution in [-0.2, 0) is 16.0 Å². The van der Waals surface area contributed by atoms with Crippen LogP contribution >= 0.6 is 0 Å². The fourth-order valence-corrected chi connectivity index (χ4v) is 3.63. The number of rotatable bonds is 11. The van der Waals surface area contributed by atoms with E-state index < -0.39 is 0 Å². The lowest BCUT2D eigenvalue weighted by Crippen LogP contribution is -2.43. The van der Waals surface area contributed by atoms with E-state index in [1.54, 1.807) is 11.0 Å². The molecule has 0 aliphatic heterocycles. The van der Waals surface area contributed by atoms with Gasteiger partial charge < -0.3 is 15.5 Å². The highest BCUT2D eigenvalue weighted by Gasteiger charge is 2.34. The number of hydrogen-bond acceptors (Lipinski definition) is 3. The van der Waals surface area contributed by atoms with Crippen molar-refractivity contribution >= 4 is 23.4 Å². The van der Waals surface area contributed by atoms with E-state index in [0.29, 0.717) is 11.3 Å². The molecule has 3 amide bonds. The van der Waals surface area contributed by atoms with Gasteiger partial charge in [-0.2, -0.15) is 0 Å². The lowest BCUT2D eigenvalue weighted by atomic mass is 10.0. The Balaban J connectivity index is 1.50. The van der Waals surface area contributed by atoms with Gasteiger partial charge in [-0.15, -0.1) is 0 Å². The molecule has 0 bridgehead atoms. The van der Waals surface area contributed by atoms with Crippen LogP contribution in [0.1, 0.15) is 60.5 Å². The Kier molecular flexibility index (Phi) is 8.42. The van der Waals surface area contributed by atoms with E-state index in [1.807, 2.05) is 49.4 Å². The molecule has 1 aliphatic rings. The van der Waals surface area contributed by atoms with E-state index in [0.717, 1.165) is 31.2 Å². The molecular weight excluding hydrogens is 402 g/mol. The Bertz CT molecular complexity index is 936. The maximum Gasteiger partial charge on any atom is 0.254 e. The van der Waals surface area contributed by atoms with E-state index in [9.17, 15) is 14.4 Å². The molecule has 0 radical (unpaired) electrons. The van der Waals surface area contributed by atoms with Crippen molar-refractivity contribution < 1.29 is 14.4 Å². The Morgan fingerprint density at radius 3 is 2.41 bits per heavy atom. The van der Waals surface area contributed by atoms with Crippen LogP contribution in [0.15, 0.2) is 48.5 Å². The predicted molar refractivity (Wildman–Crippen MR) is 127 cm³/mol. The average Bonchev–Trinajstić information content (AvgIpc) is 3.62. The molecule has 6 nitrogen and oxygen atoms in total. The second kappa shape index (κ2) is 11.5. The van der Waals surface area contributed by atoms with Crippen molar-refractivity contribution in [3.05, 3.63) is 65.2 Å². The molecule has 3 rings (SSSR count). The number of benzene rings is 2. The lowest BCUT2D eigenvalue weighted by molar-refractivity contribution is -0.124. The number of carbonyl (C=O) groups excluding carboxylic acids is 3. The molecule has 1 saturated carbocycles. The Labute approximate surface area is 190 Å². The summed E-state index contributed by atoms with van der Waals surface area (Å²) in [5.74, 6) is -0.764. The molecular formula is C26H33N3O3. The third-order valence-electron chi connectivity index (χ3n) is 5.58. The zero-order chi connectivity index (χ0) is 22.9. The first-order valence-corrected chi connectivity index (χ1v) is 11.5. The first kappa shape index (κ1) is 23.5. The third kappa shape index (κ3) is 7.22. The number of carbonyl (C=O) groups is 3. The largest absolute Gasteiger partial charge is 0.345 e. The summed E-state index contributed by atoms with van der Waals surface area (Å²) in [6.07, 6.45) is 6.36. The van der Waals surface area contributed by atoms with Gasteiger partial charge in [0.25, 0.3) is 5.91 Å². The van der Waals surface area contributed by atoms with E-state index in [4.69, 9.17) is 0 Å². The Hall–Kier alpha value is -3.15. The molecule has 0 spiro atoms. The summed E-state index contributed by atoms with van der Waals surface area (Å²) in [6.45, 7) is 3.95. The zero-order valence-corrected chi connectivity index (χ0v) is 19.0. The van der Waals surface area contributed by atoms with Gasteiger partial charge in [0.15, 0.2) is 0 Å². The van der Waals surface area contributed by atoms with Crippen LogP contribution in [0.4, 0.5) is 5.69 Å². The summed E-state index contributed by atoms with van der Waals surface area (Å²) in [5, 5.41) is 5.39. The third-order valence-corrected chi connectivity index (χ3v) is 5.58. The van der Waals surface area contributed by atoms with Crippen molar-refractivity contribution in [1.29, 1.82) is 0 Å². The summed E-state index contributed by atoms with van der Waals surface area (Å²) < 4.78 is 0. The Morgan fingerprint density at radius 2 is 1.75 bits per heavy atom.